The number of halogens is 1. The first-order valence-corrected chi connectivity index (χ1v) is 5.04. The maximum Gasteiger partial charge on any atom is 1.00 e. The van der Waals surface area contributed by atoms with Gasteiger partial charge in [0.05, 0.1) is 37.2 Å². The molecule has 0 aromatic rings. The number of nitrogens with zero attached hydrogens (tertiary/aromatic N) is 3. The van der Waals surface area contributed by atoms with Gasteiger partial charge in [-0.1, -0.05) is 6.92 Å². The number of rotatable bonds is 4. The second-order valence-corrected chi connectivity index (χ2v) is 2.90. The maximum absolute atomic E-state index is 8.64. The molecule has 90 valence electrons. The molecule has 0 radical (unpaired) electrons. The van der Waals surface area contributed by atoms with E-state index in [1.54, 1.807) is 6.07 Å². The minimum atomic E-state index is -0.647. The van der Waals surface area contributed by atoms with Gasteiger partial charge in [-0.2, -0.15) is 10.5 Å². The van der Waals surface area contributed by atoms with Gasteiger partial charge in [-0.15, -0.1) is 11.6 Å². The molecule has 0 rings (SSSR count). The molecule has 17 heavy (non-hydrogen) atoms. The molecule has 2 atom stereocenters. The Morgan fingerprint density at radius 2 is 1.47 bits per heavy atom. The smallest absolute Gasteiger partial charge is 0.512 e. The fourth-order valence-electron chi connectivity index (χ4n) is 0.410. The monoisotopic (exact) mass is 284 g/mol. The van der Waals surface area contributed by atoms with E-state index in [1.165, 1.54) is 0 Å². The van der Waals surface area contributed by atoms with E-state index in [2.05, 4.69) is 0 Å². The minimum absolute atomic E-state index is 0. The van der Waals surface area contributed by atoms with Crippen LogP contribution in [0.1, 0.15) is 26.2 Å². The third-order valence-corrected chi connectivity index (χ3v) is 1.66. The van der Waals surface area contributed by atoms with Crippen LogP contribution in [0, 0.1) is 34.5 Å². The number of hydrogen-bond acceptors (Lipinski definition) is 5. The van der Waals surface area contributed by atoms with Crippen LogP contribution < -0.4 is 51.4 Å². The van der Waals surface area contributed by atoms with E-state index in [0.717, 1.165) is 0 Å². The van der Waals surface area contributed by atoms with Crippen molar-refractivity contribution in [1.82, 2.24) is 0 Å². The molecular formula is C10H15ClKN3O2. The Bertz CT molecular complexity index is 216. The van der Waals surface area contributed by atoms with E-state index in [1.807, 2.05) is 13.0 Å². The fourth-order valence-corrected chi connectivity index (χ4v) is 0.519. The number of alkyl halides is 1. The van der Waals surface area contributed by atoms with Crippen molar-refractivity contribution in [2.75, 3.05) is 5.88 Å². The molecule has 0 bridgehead atoms. The molecule has 0 aliphatic rings. The second-order valence-electron chi connectivity index (χ2n) is 2.59. The van der Waals surface area contributed by atoms with Crippen LogP contribution in [0.25, 0.3) is 0 Å². The van der Waals surface area contributed by atoms with Crippen LogP contribution in [0.3, 0.4) is 0 Å². The normalized spacial score (nSPS) is 10.6. The Balaban J connectivity index is -0.0000000823. The summed E-state index contributed by atoms with van der Waals surface area (Å²) in [5.74, 6) is 0.146. The fraction of sp³-hybridized carbons (Fsp3) is 0.700. The Morgan fingerprint density at radius 3 is 1.59 bits per heavy atom. The van der Waals surface area contributed by atoms with Gasteiger partial charge in [-0.3, -0.25) is 0 Å². The van der Waals surface area contributed by atoms with Crippen LogP contribution in [0.15, 0.2) is 0 Å². The molecular weight excluding hydrogens is 270 g/mol. The standard InChI is InChI=1S/C5H9NO.C4H6ClNO.CN.K/c1-2-5(7)3-4-6;5-3-4(7)1-2-6;1-2;/h5,7H,2-3H2,1H3;4,7H,1,3H2;;/q;;-1;+1/t5-;4-;;/m10../s1/i;;2+1;. The predicted octanol–water partition coefficient (Wildman–Crippen LogP) is -1.73. The van der Waals surface area contributed by atoms with E-state index >= 15 is 0 Å². The van der Waals surface area contributed by atoms with Gasteiger partial charge in [0.2, 0.25) is 0 Å². The van der Waals surface area contributed by atoms with Gasteiger partial charge in [0.15, 0.2) is 0 Å². The summed E-state index contributed by atoms with van der Waals surface area (Å²) in [6, 6.07) is 3.65. The molecule has 7 heteroatoms. The molecule has 0 aliphatic carbocycles. The average Bonchev–Trinajstić information content (AvgIpc) is 2.33. The summed E-state index contributed by atoms with van der Waals surface area (Å²) >= 11 is 5.13. The van der Waals surface area contributed by atoms with Crippen LogP contribution in [-0.4, -0.2) is 28.3 Å². The molecule has 0 fully saturated rings. The van der Waals surface area contributed by atoms with E-state index < -0.39 is 12.2 Å². The number of nitriles is 2. The van der Waals surface area contributed by atoms with Gasteiger partial charge < -0.3 is 22.0 Å². The largest absolute Gasteiger partial charge is 1.00 e. The van der Waals surface area contributed by atoms with Gasteiger partial charge in [0.25, 0.3) is 0 Å². The first kappa shape index (κ1) is 26.0. The molecule has 2 N–H and O–H groups in total. The van der Waals surface area contributed by atoms with Gasteiger partial charge in [0, 0.05) is 5.88 Å². The quantitative estimate of drug-likeness (QED) is 0.276. The zero-order chi connectivity index (χ0) is 13.4. The summed E-state index contributed by atoms with van der Waals surface area (Å²) in [5, 5.41) is 39.2. The Morgan fingerprint density at radius 1 is 1.12 bits per heavy atom. The summed E-state index contributed by atoms with van der Waals surface area (Å²) in [4.78, 5) is 0. The molecule has 5 nitrogen and oxygen atoms in total. The number of aliphatic hydroxyl groups is 2. The minimum Gasteiger partial charge on any atom is -0.512 e. The zero-order valence-electron chi connectivity index (χ0n) is 10.1. The molecule has 0 saturated carbocycles. The average molecular weight is 285 g/mol. The number of aliphatic hydroxyl groups excluding tert-OH is 2. The molecule has 0 aromatic carbocycles. The van der Waals surface area contributed by atoms with Crippen molar-refractivity contribution in [2.45, 2.75) is 38.4 Å². The van der Waals surface area contributed by atoms with Crippen LogP contribution in [0.2, 0.25) is 0 Å². The molecule has 0 aliphatic heterocycles. The van der Waals surface area contributed by atoms with Crippen molar-refractivity contribution >= 4 is 11.6 Å². The molecule has 0 saturated heterocycles. The predicted molar refractivity (Wildman–Crippen MR) is 58.5 cm³/mol. The Kier molecular flexibility index (Phi) is 38.6. The third kappa shape index (κ3) is 31.4. The van der Waals surface area contributed by atoms with Crippen LogP contribution in [0.5, 0.6) is 0 Å². The second kappa shape index (κ2) is 25.2. The van der Waals surface area contributed by atoms with Gasteiger partial charge >= 0.3 is 51.4 Å². The topological polar surface area (TPSA) is 112 Å². The number of hydrogen-bond donors (Lipinski definition) is 2. The van der Waals surface area contributed by atoms with Crippen LogP contribution in [0.4, 0.5) is 0 Å². The molecule has 0 aromatic heterocycles. The van der Waals surface area contributed by atoms with Crippen LogP contribution in [-0.2, 0) is 0 Å². The summed E-state index contributed by atoms with van der Waals surface area (Å²) in [7, 11) is 0. The van der Waals surface area contributed by atoms with Crippen molar-refractivity contribution in [3.05, 3.63) is 6.57 Å². The van der Waals surface area contributed by atoms with Crippen molar-refractivity contribution in [3.8, 4) is 12.1 Å². The molecule has 0 amide bonds. The van der Waals surface area contributed by atoms with Crippen molar-refractivity contribution < 1.29 is 61.6 Å². The van der Waals surface area contributed by atoms with E-state index in [9.17, 15) is 0 Å². The van der Waals surface area contributed by atoms with Gasteiger partial charge in [-0.25, -0.2) is 0 Å². The van der Waals surface area contributed by atoms with E-state index in [0.29, 0.717) is 6.42 Å². The first-order valence-electron chi connectivity index (χ1n) is 4.50. The van der Waals surface area contributed by atoms with E-state index in [-0.39, 0.29) is 70.1 Å². The summed E-state index contributed by atoms with van der Waals surface area (Å²) in [6.45, 7) is 6.60. The first-order chi connectivity index (χ1) is 7.62. The molecule has 0 spiro atoms. The van der Waals surface area contributed by atoms with E-state index in [4.69, 9.17) is 44.2 Å². The SMILES string of the molecule is CC[C@@H](O)CC#N.N#CC[C@H](O)CCl.[C-]#[15N].[K+]. The van der Waals surface area contributed by atoms with Crippen LogP contribution >= 0.6 is 11.6 Å². The summed E-state index contributed by atoms with van der Waals surface area (Å²) < 4.78 is 0. The third-order valence-electron chi connectivity index (χ3n) is 1.30. The Labute approximate surface area is 150 Å². The van der Waals surface area contributed by atoms with Crippen molar-refractivity contribution in [2.24, 2.45) is 0 Å². The zero-order valence-corrected chi connectivity index (χ0v) is 14.0. The van der Waals surface area contributed by atoms with Crippen molar-refractivity contribution in [1.29, 1.82) is 15.8 Å². The molecule has 0 heterocycles. The Hall–Kier alpha value is 0.316. The maximum atomic E-state index is 8.64. The van der Waals surface area contributed by atoms with Crippen molar-refractivity contribution in [3.63, 3.8) is 0 Å². The summed E-state index contributed by atoms with van der Waals surface area (Å²) in [6.07, 6.45) is 0.00441. The van der Waals surface area contributed by atoms with Gasteiger partial charge in [0.1, 0.15) is 0 Å². The molecule has 0 unspecified atom stereocenters. The van der Waals surface area contributed by atoms with Gasteiger partial charge in [-0.05, 0) is 6.42 Å². The summed E-state index contributed by atoms with van der Waals surface area (Å²) in [5.41, 5.74) is 0.